The molecule has 128 valence electrons. The topological polar surface area (TPSA) is 66.5 Å². The molecule has 0 unspecified atom stereocenters. The normalized spacial score (nSPS) is 11.3. The van der Waals surface area contributed by atoms with Crippen LogP contribution in [0.1, 0.15) is 29.8 Å². The van der Waals surface area contributed by atoms with E-state index < -0.39 is 10.0 Å². The molecule has 0 bridgehead atoms. The summed E-state index contributed by atoms with van der Waals surface area (Å²) in [6, 6.07) is 14.0. The highest BCUT2D eigenvalue weighted by atomic mass is 32.2. The van der Waals surface area contributed by atoms with E-state index in [1.54, 1.807) is 24.8 Å². The summed E-state index contributed by atoms with van der Waals surface area (Å²) in [5.41, 5.74) is 1.91. The molecule has 0 saturated heterocycles. The van der Waals surface area contributed by atoms with Gasteiger partial charge in [0.1, 0.15) is 0 Å². The third-order valence-corrected chi connectivity index (χ3v) is 5.26. The van der Waals surface area contributed by atoms with Gasteiger partial charge in [0, 0.05) is 24.3 Å². The molecule has 2 rings (SSSR count). The van der Waals surface area contributed by atoms with Gasteiger partial charge in [-0.15, -0.1) is 0 Å². The predicted molar refractivity (Wildman–Crippen MR) is 95.8 cm³/mol. The number of anilines is 1. The molecule has 5 nitrogen and oxygen atoms in total. The first-order chi connectivity index (χ1) is 11.4. The maximum atomic E-state index is 12.9. The Labute approximate surface area is 143 Å². The van der Waals surface area contributed by atoms with Crippen molar-refractivity contribution in [1.82, 2.24) is 4.72 Å². The van der Waals surface area contributed by atoms with E-state index in [9.17, 15) is 13.2 Å². The summed E-state index contributed by atoms with van der Waals surface area (Å²) in [5, 5.41) is 0. The highest BCUT2D eigenvalue weighted by Crippen LogP contribution is 2.21. The van der Waals surface area contributed by atoms with Crippen molar-refractivity contribution in [3.63, 3.8) is 0 Å². The van der Waals surface area contributed by atoms with Gasteiger partial charge in [-0.3, -0.25) is 4.79 Å². The van der Waals surface area contributed by atoms with E-state index in [4.69, 9.17) is 0 Å². The lowest BCUT2D eigenvalue weighted by molar-refractivity contribution is 0.0987. The number of hydrogen-bond donors (Lipinski definition) is 1. The fourth-order valence-electron chi connectivity index (χ4n) is 2.47. The Kier molecular flexibility index (Phi) is 5.75. The fraction of sp³-hybridized carbons (Fsp3) is 0.278. The number of nitrogens with zero attached hydrogens (tertiary/aromatic N) is 1. The Morgan fingerprint density at radius 3 is 2.33 bits per heavy atom. The van der Waals surface area contributed by atoms with Gasteiger partial charge in [-0.25, -0.2) is 13.1 Å². The Balaban J connectivity index is 2.45. The summed E-state index contributed by atoms with van der Waals surface area (Å²) in [7, 11) is -3.60. The molecule has 0 heterocycles. The number of benzene rings is 2. The van der Waals surface area contributed by atoms with Crippen molar-refractivity contribution in [2.24, 2.45) is 0 Å². The van der Waals surface area contributed by atoms with Crippen molar-refractivity contribution in [2.75, 3.05) is 18.0 Å². The Morgan fingerprint density at radius 2 is 1.75 bits per heavy atom. The van der Waals surface area contributed by atoms with Crippen LogP contribution in [0.4, 0.5) is 5.69 Å². The smallest absolute Gasteiger partial charge is 0.258 e. The Hall–Kier alpha value is -2.18. The van der Waals surface area contributed by atoms with Crippen molar-refractivity contribution < 1.29 is 13.2 Å². The van der Waals surface area contributed by atoms with E-state index in [-0.39, 0.29) is 10.8 Å². The molecule has 0 fully saturated rings. The van der Waals surface area contributed by atoms with Crippen LogP contribution in [0.15, 0.2) is 53.4 Å². The van der Waals surface area contributed by atoms with Crippen molar-refractivity contribution in [3.05, 3.63) is 59.7 Å². The molecule has 2 aromatic rings. The molecule has 2 aromatic carbocycles. The van der Waals surface area contributed by atoms with Gasteiger partial charge in [-0.05, 0) is 43.7 Å². The van der Waals surface area contributed by atoms with Crippen molar-refractivity contribution in [2.45, 2.75) is 25.7 Å². The number of carbonyl (C=O) groups is 1. The van der Waals surface area contributed by atoms with Crippen LogP contribution in [0.5, 0.6) is 0 Å². The second kappa shape index (κ2) is 7.59. The summed E-state index contributed by atoms with van der Waals surface area (Å²) in [6.45, 7) is 6.19. The molecule has 0 saturated carbocycles. The molecular formula is C18H22N2O3S. The largest absolute Gasteiger partial charge is 0.309 e. The number of amides is 1. The standard InChI is InChI=1S/C18H22N2O3S/c1-4-19-24(22,23)16-12-11-14(3)17(13-16)18(21)20(5-2)15-9-7-6-8-10-15/h6-13,19H,4-5H2,1-3H3. The minimum Gasteiger partial charge on any atom is -0.309 e. The average Bonchev–Trinajstić information content (AvgIpc) is 2.56. The summed E-state index contributed by atoms with van der Waals surface area (Å²) in [4.78, 5) is 14.7. The number of nitrogens with one attached hydrogen (secondary N) is 1. The van der Waals surface area contributed by atoms with Gasteiger partial charge >= 0.3 is 0 Å². The molecular weight excluding hydrogens is 324 g/mol. The lowest BCUT2D eigenvalue weighted by atomic mass is 10.1. The van der Waals surface area contributed by atoms with Gasteiger partial charge in [0.2, 0.25) is 10.0 Å². The zero-order chi connectivity index (χ0) is 17.7. The summed E-state index contributed by atoms with van der Waals surface area (Å²) in [6.07, 6.45) is 0. The van der Waals surface area contributed by atoms with Crippen LogP contribution >= 0.6 is 0 Å². The second-order valence-electron chi connectivity index (χ2n) is 5.36. The van der Waals surface area contributed by atoms with Crippen LogP contribution in [0, 0.1) is 6.92 Å². The number of aryl methyl sites for hydroxylation is 1. The van der Waals surface area contributed by atoms with Crippen LogP contribution in [0.25, 0.3) is 0 Å². The highest BCUT2D eigenvalue weighted by molar-refractivity contribution is 7.89. The number of hydrogen-bond acceptors (Lipinski definition) is 3. The quantitative estimate of drug-likeness (QED) is 0.874. The number of sulfonamides is 1. The van der Waals surface area contributed by atoms with Gasteiger partial charge < -0.3 is 4.90 Å². The molecule has 1 amide bonds. The summed E-state index contributed by atoms with van der Waals surface area (Å²) in [5.74, 6) is -0.213. The molecule has 0 spiro atoms. The van der Waals surface area contributed by atoms with Gasteiger partial charge in [0.05, 0.1) is 4.90 Å². The number of para-hydroxylation sites is 1. The van der Waals surface area contributed by atoms with Gasteiger partial charge in [0.15, 0.2) is 0 Å². The molecule has 24 heavy (non-hydrogen) atoms. The van der Waals surface area contributed by atoms with Crippen LogP contribution in [-0.4, -0.2) is 27.4 Å². The minimum absolute atomic E-state index is 0.0995. The van der Waals surface area contributed by atoms with Crippen molar-refractivity contribution in [1.29, 1.82) is 0 Å². The maximum Gasteiger partial charge on any atom is 0.258 e. The molecule has 0 aromatic heterocycles. The molecule has 6 heteroatoms. The third kappa shape index (κ3) is 3.83. The molecule has 0 aliphatic heterocycles. The van der Waals surface area contributed by atoms with E-state index in [1.807, 2.05) is 37.3 Å². The molecule has 0 atom stereocenters. The van der Waals surface area contributed by atoms with E-state index in [0.29, 0.717) is 18.7 Å². The fourth-order valence-corrected chi connectivity index (χ4v) is 3.54. The summed E-state index contributed by atoms with van der Waals surface area (Å²) >= 11 is 0. The van der Waals surface area contributed by atoms with E-state index in [2.05, 4.69) is 4.72 Å². The van der Waals surface area contributed by atoms with E-state index in [0.717, 1.165) is 11.3 Å². The first-order valence-corrected chi connectivity index (χ1v) is 9.36. The van der Waals surface area contributed by atoms with Crippen LogP contribution in [-0.2, 0) is 10.0 Å². The predicted octanol–water partition coefficient (Wildman–Crippen LogP) is 2.96. The Morgan fingerprint density at radius 1 is 1.08 bits per heavy atom. The number of rotatable bonds is 6. The SMILES string of the molecule is CCNS(=O)(=O)c1ccc(C)c(C(=O)N(CC)c2ccccc2)c1. The third-order valence-electron chi connectivity index (χ3n) is 3.71. The minimum atomic E-state index is -3.60. The zero-order valence-corrected chi connectivity index (χ0v) is 14.9. The second-order valence-corrected chi connectivity index (χ2v) is 7.13. The molecule has 0 aliphatic rings. The Bertz CT molecular complexity index is 817. The lowest BCUT2D eigenvalue weighted by Crippen LogP contribution is -2.31. The van der Waals surface area contributed by atoms with Gasteiger partial charge in [-0.2, -0.15) is 0 Å². The van der Waals surface area contributed by atoms with Crippen LogP contribution < -0.4 is 9.62 Å². The van der Waals surface area contributed by atoms with Crippen molar-refractivity contribution >= 4 is 21.6 Å². The average molecular weight is 346 g/mol. The van der Waals surface area contributed by atoms with Crippen molar-refractivity contribution in [3.8, 4) is 0 Å². The maximum absolute atomic E-state index is 12.9. The monoisotopic (exact) mass is 346 g/mol. The molecule has 1 N–H and O–H groups in total. The van der Waals surface area contributed by atoms with Crippen LogP contribution in [0.2, 0.25) is 0 Å². The lowest BCUT2D eigenvalue weighted by Gasteiger charge is -2.22. The van der Waals surface area contributed by atoms with Crippen LogP contribution in [0.3, 0.4) is 0 Å². The first-order valence-electron chi connectivity index (χ1n) is 7.88. The first kappa shape index (κ1) is 18.2. The zero-order valence-electron chi connectivity index (χ0n) is 14.1. The summed E-state index contributed by atoms with van der Waals surface area (Å²) < 4.78 is 26.8. The van der Waals surface area contributed by atoms with E-state index >= 15 is 0 Å². The number of carbonyl (C=O) groups excluding carboxylic acids is 1. The molecule has 0 aliphatic carbocycles. The van der Waals surface area contributed by atoms with E-state index in [1.165, 1.54) is 12.1 Å². The van der Waals surface area contributed by atoms with Gasteiger partial charge in [-0.1, -0.05) is 31.2 Å². The highest BCUT2D eigenvalue weighted by Gasteiger charge is 2.21. The molecule has 0 radical (unpaired) electrons. The van der Waals surface area contributed by atoms with Gasteiger partial charge in [0.25, 0.3) is 5.91 Å².